The summed E-state index contributed by atoms with van der Waals surface area (Å²) in [7, 11) is 1.35. The van der Waals surface area contributed by atoms with Gasteiger partial charge in [0.15, 0.2) is 0 Å². The van der Waals surface area contributed by atoms with Gasteiger partial charge in [0.1, 0.15) is 11.4 Å². The van der Waals surface area contributed by atoms with Crippen LogP contribution in [0.1, 0.15) is 46.6 Å². The summed E-state index contributed by atoms with van der Waals surface area (Å²) >= 11 is 0. The van der Waals surface area contributed by atoms with Gasteiger partial charge in [0.25, 0.3) is 5.91 Å². The number of methoxy groups -OCH3 is 1. The van der Waals surface area contributed by atoms with Gasteiger partial charge in [0.05, 0.1) is 18.6 Å². The van der Waals surface area contributed by atoms with Crippen LogP contribution in [0.15, 0.2) is 24.3 Å². The monoisotopic (exact) mass is 388 g/mol. The lowest BCUT2D eigenvalue weighted by molar-refractivity contribution is -0.386. The maximum atomic E-state index is 12.1. The fourth-order valence-corrected chi connectivity index (χ4v) is 2.84. The average Bonchev–Trinajstić information content (AvgIpc) is 2.94. The quantitative estimate of drug-likeness (QED) is 0.305. The molecular weight excluding hydrogens is 364 g/mol. The third-order valence-corrected chi connectivity index (χ3v) is 4.40. The Balaban J connectivity index is 1.89. The summed E-state index contributed by atoms with van der Waals surface area (Å²) in [5.74, 6) is -0.443. The summed E-state index contributed by atoms with van der Waals surface area (Å²) < 4.78 is 6.15. The molecule has 0 aliphatic rings. The molecule has 1 amide bonds. The van der Waals surface area contributed by atoms with Crippen molar-refractivity contribution in [1.29, 1.82) is 0 Å². The van der Waals surface area contributed by atoms with Crippen molar-refractivity contribution in [1.82, 2.24) is 15.1 Å². The molecule has 150 valence electrons. The number of aromatic nitrogens is 2. The van der Waals surface area contributed by atoms with Crippen LogP contribution in [0.25, 0.3) is 0 Å². The van der Waals surface area contributed by atoms with E-state index in [0.29, 0.717) is 49.3 Å². The van der Waals surface area contributed by atoms with Crippen molar-refractivity contribution >= 4 is 17.6 Å². The Hall–Kier alpha value is -3.23. The number of esters is 1. The van der Waals surface area contributed by atoms with Crippen molar-refractivity contribution in [3.63, 3.8) is 0 Å². The normalized spacial score (nSPS) is 10.5. The molecule has 2 rings (SSSR count). The Bertz CT molecular complexity index is 858. The minimum Gasteiger partial charge on any atom is -0.469 e. The molecule has 0 aliphatic heterocycles. The zero-order chi connectivity index (χ0) is 20.7. The van der Waals surface area contributed by atoms with Gasteiger partial charge in [-0.1, -0.05) is 12.1 Å². The number of unbranched alkanes of at least 4 members (excludes halogenated alkanes) is 1. The molecule has 2 aromatic rings. The molecule has 1 N–H and O–H groups in total. The molecule has 28 heavy (non-hydrogen) atoms. The molecule has 1 aromatic heterocycles. The van der Waals surface area contributed by atoms with Gasteiger partial charge in [-0.2, -0.15) is 5.10 Å². The first kappa shape index (κ1) is 21.1. The molecule has 9 nitrogen and oxygen atoms in total. The molecule has 0 saturated carbocycles. The SMILES string of the molecule is COC(=O)CCCCNC(=O)c1ccc(Cn2nc(C)c([N+](=O)[O-])c2C)cc1. The Morgan fingerprint density at radius 3 is 2.46 bits per heavy atom. The van der Waals surface area contributed by atoms with E-state index in [1.165, 1.54) is 7.11 Å². The van der Waals surface area contributed by atoms with Crippen LogP contribution in [-0.4, -0.2) is 40.2 Å². The zero-order valence-electron chi connectivity index (χ0n) is 16.2. The van der Waals surface area contributed by atoms with Gasteiger partial charge in [0.2, 0.25) is 0 Å². The third-order valence-electron chi connectivity index (χ3n) is 4.40. The predicted molar refractivity (Wildman–Crippen MR) is 102 cm³/mol. The number of carbonyl (C=O) groups is 2. The number of nitrogens with zero attached hydrogens (tertiary/aromatic N) is 3. The highest BCUT2D eigenvalue weighted by molar-refractivity contribution is 5.94. The van der Waals surface area contributed by atoms with E-state index in [9.17, 15) is 19.7 Å². The van der Waals surface area contributed by atoms with Crippen molar-refractivity contribution in [2.45, 2.75) is 39.7 Å². The van der Waals surface area contributed by atoms with Crippen molar-refractivity contribution in [3.05, 3.63) is 56.9 Å². The van der Waals surface area contributed by atoms with E-state index >= 15 is 0 Å². The van der Waals surface area contributed by atoms with Gasteiger partial charge >= 0.3 is 11.7 Å². The highest BCUT2D eigenvalue weighted by Gasteiger charge is 2.21. The van der Waals surface area contributed by atoms with E-state index in [1.807, 2.05) is 0 Å². The molecule has 0 atom stereocenters. The lowest BCUT2D eigenvalue weighted by Crippen LogP contribution is -2.24. The second kappa shape index (κ2) is 9.63. The van der Waals surface area contributed by atoms with Gasteiger partial charge in [-0.3, -0.25) is 24.4 Å². The molecule has 0 unspecified atom stereocenters. The molecule has 1 aromatic carbocycles. The smallest absolute Gasteiger partial charge is 0.312 e. The summed E-state index contributed by atoms with van der Waals surface area (Å²) in [6.45, 7) is 4.14. The fraction of sp³-hybridized carbons (Fsp3) is 0.421. The molecular formula is C19H24N4O5. The van der Waals surface area contributed by atoms with Crippen LogP contribution in [0.5, 0.6) is 0 Å². The van der Waals surface area contributed by atoms with Crippen LogP contribution in [0.3, 0.4) is 0 Å². The first-order valence-electron chi connectivity index (χ1n) is 8.95. The van der Waals surface area contributed by atoms with E-state index in [-0.39, 0.29) is 17.6 Å². The molecule has 0 saturated heterocycles. The Morgan fingerprint density at radius 1 is 1.21 bits per heavy atom. The van der Waals surface area contributed by atoms with Crippen LogP contribution < -0.4 is 5.32 Å². The highest BCUT2D eigenvalue weighted by atomic mass is 16.6. The van der Waals surface area contributed by atoms with Gasteiger partial charge in [0, 0.05) is 18.5 Å². The van der Waals surface area contributed by atoms with E-state index in [4.69, 9.17) is 0 Å². The predicted octanol–water partition coefficient (Wildman–Crippen LogP) is 2.53. The maximum Gasteiger partial charge on any atom is 0.312 e. The van der Waals surface area contributed by atoms with E-state index in [2.05, 4.69) is 15.2 Å². The van der Waals surface area contributed by atoms with Crippen LogP contribution >= 0.6 is 0 Å². The summed E-state index contributed by atoms with van der Waals surface area (Å²) in [6.07, 6.45) is 1.68. The van der Waals surface area contributed by atoms with Gasteiger partial charge in [-0.25, -0.2) is 0 Å². The van der Waals surface area contributed by atoms with E-state index in [0.717, 1.165) is 5.56 Å². The van der Waals surface area contributed by atoms with Crippen molar-refractivity contribution < 1.29 is 19.2 Å². The maximum absolute atomic E-state index is 12.1. The second-order valence-electron chi connectivity index (χ2n) is 6.42. The third kappa shape index (κ3) is 5.38. The van der Waals surface area contributed by atoms with Crippen LogP contribution in [0, 0.1) is 24.0 Å². The summed E-state index contributed by atoms with van der Waals surface area (Å²) in [5, 5.41) is 18.1. The molecule has 0 fully saturated rings. The van der Waals surface area contributed by atoms with Crippen molar-refractivity contribution in [2.24, 2.45) is 0 Å². The van der Waals surface area contributed by atoms with Gasteiger partial charge < -0.3 is 10.1 Å². The largest absolute Gasteiger partial charge is 0.469 e. The Morgan fingerprint density at radius 2 is 1.89 bits per heavy atom. The summed E-state index contributed by atoms with van der Waals surface area (Å²) in [5.41, 5.74) is 2.32. The van der Waals surface area contributed by atoms with Crippen LogP contribution in [-0.2, 0) is 16.1 Å². The number of nitro groups is 1. The van der Waals surface area contributed by atoms with E-state index in [1.54, 1.807) is 42.8 Å². The average molecular weight is 388 g/mol. The number of hydrogen-bond acceptors (Lipinski definition) is 6. The van der Waals surface area contributed by atoms with Crippen LogP contribution in [0.2, 0.25) is 0 Å². The molecule has 0 aliphatic carbocycles. The molecule has 0 bridgehead atoms. The second-order valence-corrected chi connectivity index (χ2v) is 6.42. The van der Waals surface area contributed by atoms with E-state index < -0.39 is 4.92 Å². The molecule has 0 radical (unpaired) electrons. The number of nitrogens with one attached hydrogen (secondary N) is 1. The number of amides is 1. The molecule has 1 heterocycles. The number of hydrogen-bond donors (Lipinski definition) is 1. The Labute approximate surface area is 162 Å². The lowest BCUT2D eigenvalue weighted by Gasteiger charge is -2.07. The lowest BCUT2D eigenvalue weighted by atomic mass is 10.1. The summed E-state index contributed by atoms with van der Waals surface area (Å²) in [4.78, 5) is 33.8. The number of aryl methyl sites for hydroxylation is 1. The van der Waals surface area contributed by atoms with Crippen molar-refractivity contribution in [3.8, 4) is 0 Å². The van der Waals surface area contributed by atoms with Crippen molar-refractivity contribution in [2.75, 3.05) is 13.7 Å². The Kier molecular flexibility index (Phi) is 7.25. The molecule has 0 spiro atoms. The minimum absolute atomic E-state index is 0.0307. The first-order valence-corrected chi connectivity index (χ1v) is 8.95. The van der Waals surface area contributed by atoms with Gasteiger partial charge in [-0.05, 0) is 44.4 Å². The number of benzene rings is 1. The first-order chi connectivity index (χ1) is 13.3. The number of carbonyl (C=O) groups excluding carboxylic acids is 2. The molecule has 9 heteroatoms. The number of ether oxygens (including phenoxy) is 1. The summed E-state index contributed by atoms with van der Waals surface area (Å²) in [6, 6.07) is 7.02. The minimum atomic E-state index is -0.424. The van der Waals surface area contributed by atoms with Gasteiger partial charge in [-0.15, -0.1) is 0 Å². The van der Waals surface area contributed by atoms with Crippen LogP contribution in [0.4, 0.5) is 5.69 Å². The fourth-order valence-electron chi connectivity index (χ4n) is 2.84. The topological polar surface area (TPSA) is 116 Å². The number of rotatable bonds is 9. The zero-order valence-corrected chi connectivity index (χ0v) is 16.2. The standard InChI is InChI=1S/C19H24N4O5/c1-13-18(23(26)27)14(2)22(21-13)12-15-7-9-16(10-8-15)19(25)20-11-5-4-6-17(24)28-3/h7-10H,4-6,11-12H2,1-3H3,(H,20,25). The highest BCUT2D eigenvalue weighted by Crippen LogP contribution is 2.22.